The number of nitrogens with one attached hydrogen (secondary N) is 2. The summed E-state index contributed by atoms with van der Waals surface area (Å²) in [6.45, 7) is 6.53. The smallest absolute Gasteiger partial charge is 0.231 e. The first-order chi connectivity index (χ1) is 16.1. The summed E-state index contributed by atoms with van der Waals surface area (Å²) in [5, 5.41) is 7.81. The van der Waals surface area contributed by atoms with Crippen molar-refractivity contribution in [1.29, 1.82) is 0 Å². The fourth-order valence-corrected chi connectivity index (χ4v) is 4.17. The van der Waals surface area contributed by atoms with Crippen LogP contribution in [0.1, 0.15) is 39.2 Å². The summed E-state index contributed by atoms with van der Waals surface area (Å²) in [6.07, 6.45) is 6.08. The molecule has 3 aromatic heterocycles. The number of benzene rings is 1. The molecule has 1 amide bonds. The normalized spacial score (nSPS) is 14.0. The van der Waals surface area contributed by atoms with Gasteiger partial charge < -0.3 is 20.1 Å². The molecule has 0 spiro atoms. The number of hydrogen-bond acceptors (Lipinski definition) is 7. The van der Waals surface area contributed by atoms with Crippen LogP contribution in [0.15, 0.2) is 42.9 Å². The molecule has 170 valence electrons. The summed E-state index contributed by atoms with van der Waals surface area (Å²) in [6, 6.07) is 10.2. The topological polar surface area (TPSA) is 101 Å². The third-order valence-corrected chi connectivity index (χ3v) is 5.91. The van der Waals surface area contributed by atoms with Gasteiger partial charge in [-0.1, -0.05) is 6.07 Å². The second-order valence-corrected chi connectivity index (χ2v) is 8.61. The summed E-state index contributed by atoms with van der Waals surface area (Å²) in [4.78, 5) is 32.2. The Morgan fingerprint density at radius 1 is 1.15 bits per heavy atom. The maximum absolute atomic E-state index is 11.8. The molecule has 4 aromatic rings. The van der Waals surface area contributed by atoms with Crippen LogP contribution in [0.3, 0.4) is 0 Å². The zero-order valence-corrected chi connectivity index (χ0v) is 19.0. The third kappa shape index (κ3) is 4.44. The third-order valence-electron chi connectivity index (χ3n) is 5.91. The summed E-state index contributed by atoms with van der Waals surface area (Å²) in [7, 11) is 0. The minimum absolute atomic E-state index is 0.221. The molecule has 0 bridgehead atoms. The lowest BCUT2D eigenvalue weighted by atomic mass is 10.2. The molecule has 0 saturated carbocycles. The van der Waals surface area contributed by atoms with Crippen LogP contribution in [0.5, 0.6) is 0 Å². The van der Waals surface area contributed by atoms with Gasteiger partial charge >= 0.3 is 0 Å². The Hall–Kier alpha value is -3.75. The number of imidazole rings is 1. The quantitative estimate of drug-likeness (QED) is 0.394. The van der Waals surface area contributed by atoms with Gasteiger partial charge in [-0.05, 0) is 51.0 Å². The van der Waals surface area contributed by atoms with Crippen LogP contribution in [0, 0.1) is 0 Å². The first kappa shape index (κ1) is 21.1. The van der Waals surface area contributed by atoms with Crippen LogP contribution in [0.25, 0.3) is 22.1 Å². The molecule has 9 heteroatoms. The monoisotopic (exact) mass is 444 g/mol. The van der Waals surface area contributed by atoms with Crippen molar-refractivity contribution in [3.8, 4) is 0 Å². The van der Waals surface area contributed by atoms with Gasteiger partial charge in [0.25, 0.3) is 0 Å². The van der Waals surface area contributed by atoms with Crippen molar-refractivity contribution in [2.24, 2.45) is 0 Å². The van der Waals surface area contributed by atoms with Crippen LogP contribution in [-0.4, -0.2) is 54.9 Å². The number of likely N-dealkylation sites (tertiary alicyclic amines) is 1. The van der Waals surface area contributed by atoms with E-state index in [-0.39, 0.29) is 11.9 Å². The summed E-state index contributed by atoms with van der Waals surface area (Å²) in [5.41, 5.74) is 3.36. The Bertz CT molecular complexity index is 1300. The molecule has 0 aliphatic carbocycles. The van der Waals surface area contributed by atoms with Crippen molar-refractivity contribution in [3.05, 3.63) is 42.9 Å². The number of fused-ring (bicyclic) bond motifs is 2. The second-order valence-electron chi connectivity index (χ2n) is 8.61. The van der Waals surface area contributed by atoms with Gasteiger partial charge in [-0.15, -0.1) is 0 Å². The lowest BCUT2D eigenvalue weighted by molar-refractivity contribution is -0.127. The first-order valence-electron chi connectivity index (χ1n) is 11.5. The Labute approximate surface area is 192 Å². The summed E-state index contributed by atoms with van der Waals surface area (Å²) < 4.78 is 2.04. The van der Waals surface area contributed by atoms with Crippen molar-refractivity contribution < 1.29 is 4.79 Å². The van der Waals surface area contributed by atoms with Gasteiger partial charge in [-0.2, -0.15) is 9.97 Å². The molecule has 1 aliphatic heterocycles. The van der Waals surface area contributed by atoms with Crippen LogP contribution >= 0.6 is 0 Å². The number of amides is 1. The highest BCUT2D eigenvalue weighted by atomic mass is 16.2. The highest BCUT2D eigenvalue weighted by Gasteiger charge is 2.19. The lowest BCUT2D eigenvalue weighted by Crippen LogP contribution is -2.27. The summed E-state index contributed by atoms with van der Waals surface area (Å²) in [5.74, 6) is 1.45. The van der Waals surface area contributed by atoms with E-state index in [1.807, 2.05) is 46.1 Å². The van der Waals surface area contributed by atoms with Crippen LogP contribution in [-0.2, 0) is 4.79 Å². The van der Waals surface area contributed by atoms with Crippen LogP contribution < -0.4 is 10.6 Å². The Kier molecular flexibility index (Phi) is 5.77. The molecule has 1 saturated heterocycles. The number of carbonyl (C=O) groups is 1. The molecular formula is C24H28N8O. The fraction of sp³-hybridized carbons (Fsp3) is 0.375. The number of rotatable bonds is 8. The van der Waals surface area contributed by atoms with Crippen LogP contribution in [0.4, 0.5) is 17.5 Å². The zero-order chi connectivity index (χ0) is 22.8. The van der Waals surface area contributed by atoms with E-state index >= 15 is 0 Å². The molecule has 1 aliphatic rings. The van der Waals surface area contributed by atoms with Gasteiger partial charge in [0.05, 0.1) is 11.8 Å². The highest BCUT2D eigenvalue weighted by Crippen LogP contribution is 2.26. The molecular weight excluding hydrogens is 416 g/mol. The number of nitrogens with zero attached hydrogens (tertiary/aromatic N) is 6. The fourth-order valence-electron chi connectivity index (χ4n) is 4.17. The van der Waals surface area contributed by atoms with Gasteiger partial charge in [-0.25, -0.2) is 4.98 Å². The molecule has 0 unspecified atom stereocenters. The number of anilines is 3. The van der Waals surface area contributed by atoms with E-state index < -0.39 is 0 Å². The van der Waals surface area contributed by atoms with Gasteiger partial charge in [-0.3, -0.25) is 9.78 Å². The molecule has 4 heterocycles. The van der Waals surface area contributed by atoms with Crippen molar-refractivity contribution in [2.75, 3.05) is 30.3 Å². The van der Waals surface area contributed by atoms with E-state index in [2.05, 4.69) is 34.4 Å². The average molecular weight is 445 g/mol. The maximum Gasteiger partial charge on any atom is 0.231 e. The van der Waals surface area contributed by atoms with E-state index in [1.165, 1.54) is 0 Å². The average Bonchev–Trinajstić information content (AvgIpc) is 3.42. The van der Waals surface area contributed by atoms with Crippen molar-refractivity contribution in [3.63, 3.8) is 0 Å². The molecule has 1 fully saturated rings. The minimum atomic E-state index is 0.221. The molecule has 33 heavy (non-hydrogen) atoms. The molecule has 0 atom stereocenters. The zero-order valence-electron chi connectivity index (χ0n) is 19.0. The van der Waals surface area contributed by atoms with Crippen molar-refractivity contribution >= 4 is 45.4 Å². The molecule has 9 nitrogen and oxygen atoms in total. The van der Waals surface area contributed by atoms with E-state index in [9.17, 15) is 4.79 Å². The minimum Gasteiger partial charge on any atom is -0.368 e. The van der Waals surface area contributed by atoms with E-state index in [4.69, 9.17) is 9.97 Å². The number of pyridine rings is 1. The van der Waals surface area contributed by atoms with Gasteiger partial charge in [0, 0.05) is 49.4 Å². The Balaban J connectivity index is 1.39. The van der Waals surface area contributed by atoms with E-state index in [1.54, 1.807) is 6.20 Å². The molecule has 5 rings (SSSR count). The molecule has 1 aromatic carbocycles. The molecule has 0 radical (unpaired) electrons. The van der Waals surface area contributed by atoms with Crippen molar-refractivity contribution in [1.82, 2.24) is 29.4 Å². The predicted octanol–water partition coefficient (Wildman–Crippen LogP) is 4.12. The lowest BCUT2D eigenvalue weighted by Gasteiger charge is -2.16. The highest BCUT2D eigenvalue weighted by molar-refractivity contribution is 5.86. The largest absolute Gasteiger partial charge is 0.368 e. The van der Waals surface area contributed by atoms with Gasteiger partial charge in [0.2, 0.25) is 11.9 Å². The Morgan fingerprint density at radius 2 is 2.06 bits per heavy atom. The van der Waals surface area contributed by atoms with E-state index in [0.717, 1.165) is 53.7 Å². The first-order valence-corrected chi connectivity index (χ1v) is 11.5. The van der Waals surface area contributed by atoms with Gasteiger partial charge in [0.1, 0.15) is 0 Å². The number of carbonyl (C=O) groups excluding carboxylic acids is 1. The van der Waals surface area contributed by atoms with Crippen molar-refractivity contribution in [2.45, 2.75) is 39.2 Å². The SMILES string of the molecule is CC(C)n1cnc2c(NCCCN3CCCC3=O)nc(Nc3ccc4ncccc4c3)nc21. The van der Waals surface area contributed by atoms with Gasteiger partial charge in [0.15, 0.2) is 17.0 Å². The standard InChI is InChI=1S/C24H28N8O/c1-16(2)32-15-27-21-22(26-11-5-13-31-12-4-7-20(31)33)29-24(30-23(21)32)28-18-8-9-19-17(14-18)6-3-10-25-19/h3,6,8-10,14-16H,4-5,7,11-13H2,1-2H3,(H2,26,28,29,30). The second kappa shape index (κ2) is 9.01. The Morgan fingerprint density at radius 3 is 2.88 bits per heavy atom. The number of hydrogen-bond donors (Lipinski definition) is 2. The van der Waals surface area contributed by atoms with Crippen LogP contribution in [0.2, 0.25) is 0 Å². The number of aromatic nitrogens is 5. The maximum atomic E-state index is 11.8. The summed E-state index contributed by atoms with van der Waals surface area (Å²) >= 11 is 0. The predicted molar refractivity (Wildman–Crippen MR) is 130 cm³/mol. The molecule has 2 N–H and O–H groups in total. The van der Waals surface area contributed by atoms with E-state index in [0.29, 0.717) is 24.7 Å².